The van der Waals surface area contributed by atoms with Gasteiger partial charge in [0.05, 0.1) is 6.61 Å². The number of amides is 1. The normalized spacial score (nSPS) is 12.3. The Hall–Kier alpha value is -0.810. The largest absolute Gasteiger partial charge is 0.447 e. The van der Waals surface area contributed by atoms with Gasteiger partial charge in [0.2, 0.25) is 0 Å². The molecule has 0 rings (SSSR count). The van der Waals surface area contributed by atoms with Crippen LogP contribution in [0, 0.1) is 0 Å². The van der Waals surface area contributed by atoms with Gasteiger partial charge in [0, 0.05) is 13.1 Å². The van der Waals surface area contributed by atoms with Crippen molar-refractivity contribution >= 4 is 6.09 Å². The minimum Gasteiger partial charge on any atom is -0.447 e. The third-order valence-electron chi connectivity index (χ3n) is 1.63. The molecule has 78 valence electrons. The minimum atomic E-state index is -0.987. The molecule has 0 aliphatic rings. The fraction of sp³-hybridized carbons (Fsp3) is 0.875. The molecule has 0 aromatic rings. The Kier molecular flexibility index (Phi) is 6.26. The summed E-state index contributed by atoms with van der Waals surface area (Å²) in [6.07, 6.45) is -1.45. The van der Waals surface area contributed by atoms with Crippen molar-refractivity contribution in [3.05, 3.63) is 0 Å². The second kappa shape index (κ2) is 6.68. The average molecular weight is 191 g/mol. The van der Waals surface area contributed by atoms with Crippen LogP contribution < -0.4 is 0 Å². The first-order valence-corrected chi connectivity index (χ1v) is 4.36. The highest BCUT2D eigenvalue weighted by Gasteiger charge is 2.12. The van der Waals surface area contributed by atoms with Gasteiger partial charge in [-0.25, -0.2) is 4.79 Å². The Labute approximate surface area is 77.9 Å². The number of nitrogens with zero attached hydrogens (tertiary/aromatic N) is 1. The molecule has 0 fully saturated rings. The first-order chi connectivity index (χ1) is 6.15. The van der Waals surface area contributed by atoms with E-state index in [1.165, 1.54) is 4.90 Å². The van der Waals surface area contributed by atoms with E-state index >= 15 is 0 Å². The zero-order chi connectivity index (χ0) is 10.3. The number of aliphatic hydroxyl groups is 2. The Morgan fingerprint density at radius 1 is 1.46 bits per heavy atom. The van der Waals surface area contributed by atoms with E-state index in [-0.39, 0.29) is 6.61 Å². The van der Waals surface area contributed by atoms with Crippen LogP contribution in [0.15, 0.2) is 0 Å². The molecule has 0 aromatic carbocycles. The van der Waals surface area contributed by atoms with Crippen LogP contribution in [-0.4, -0.2) is 53.6 Å². The zero-order valence-corrected chi connectivity index (χ0v) is 8.06. The lowest BCUT2D eigenvalue weighted by Crippen LogP contribution is -2.33. The van der Waals surface area contributed by atoms with Crippen LogP contribution in [-0.2, 0) is 4.74 Å². The molecule has 2 N–H and O–H groups in total. The molecule has 0 bridgehead atoms. The zero-order valence-electron chi connectivity index (χ0n) is 8.06. The van der Waals surface area contributed by atoms with Gasteiger partial charge in [-0.1, -0.05) is 0 Å². The molecule has 0 spiro atoms. The lowest BCUT2D eigenvalue weighted by Gasteiger charge is -2.18. The summed E-state index contributed by atoms with van der Waals surface area (Å²) in [7, 11) is 0. The number of aliphatic hydroxyl groups excluding tert-OH is 2. The minimum absolute atomic E-state index is 0.161. The smallest absolute Gasteiger partial charge is 0.409 e. The first-order valence-electron chi connectivity index (χ1n) is 4.36. The Balaban J connectivity index is 3.72. The van der Waals surface area contributed by atoms with Crippen LogP contribution in [0.25, 0.3) is 0 Å². The highest BCUT2D eigenvalue weighted by atomic mass is 16.6. The van der Waals surface area contributed by atoms with Crippen LogP contribution >= 0.6 is 0 Å². The van der Waals surface area contributed by atoms with Gasteiger partial charge in [0.15, 0.2) is 0 Å². The molecule has 1 atom stereocenters. The van der Waals surface area contributed by atoms with Crippen molar-refractivity contribution in [3.8, 4) is 0 Å². The maximum atomic E-state index is 11.1. The van der Waals surface area contributed by atoms with Gasteiger partial charge in [0.25, 0.3) is 0 Å². The maximum absolute atomic E-state index is 11.1. The van der Waals surface area contributed by atoms with Crippen LogP contribution in [0.4, 0.5) is 4.79 Å². The van der Waals surface area contributed by atoms with E-state index in [0.29, 0.717) is 13.1 Å². The van der Waals surface area contributed by atoms with Crippen molar-refractivity contribution in [2.24, 2.45) is 0 Å². The Bertz CT molecular complexity index is 147. The van der Waals surface area contributed by atoms with E-state index in [4.69, 9.17) is 14.9 Å². The molecule has 0 aliphatic carbocycles. The quantitative estimate of drug-likeness (QED) is 0.632. The summed E-state index contributed by atoms with van der Waals surface area (Å²) in [6, 6.07) is 0. The van der Waals surface area contributed by atoms with Gasteiger partial charge < -0.3 is 19.8 Å². The average Bonchev–Trinajstić information content (AvgIpc) is 2.16. The molecular formula is C8H17NO4. The molecule has 13 heavy (non-hydrogen) atoms. The van der Waals surface area contributed by atoms with Gasteiger partial charge in [-0.15, -0.1) is 0 Å². The number of carbonyl (C=O) groups excluding carboxylic acids is 1. The van der Waals surface area contributed by atoms with Gasteiger partial charge >= 0.3 is 6.09 Å². The predicted octanol–water partition coefficient (Wildman–Crippen LogP) is -0.182. The Morgan fingerprint density at radius 3 is 2.38 bits per heavy atom. The second-order valence-corrected chi connectivity index (χ2v) is 2.59. The molecule has 0 heterocycles. The van der Waals surface area contributed by atoms with Crippen LogP contribution in [0.3, 0.4) is 0 Å². The molecule has 1 amide bonds. The number of hydrogen-bond donors (Lipinski definition) is 2. The monoisotopic (exact) mass is 191 g/mol. The number of rotatable bonds is 5. The van der Waals surface area contributed by atoms with E-state index in [0.717, 1.165) is 0 Å². The van der Waals surface area contributed by atoms with Crippen molar-refractivity contribution in [2.45, 2.75) is 20.0 Å². The fourth-order valence-corrected chi connectivity index (χ4v) is 0.793. The van der Waals surface area contributed by atoms with Crippen molar-refractivity contribution in [1.82, 2.24) is 4.90 Å². The molecule has 5 heteroatoms. The van der Waals surface area contributed by atoms with E-state index < -0.39 is 18.8 Å². The third kappa shape index (κ3) is 4.69. The summed E-state index contributed by atoms with van der Waals surface area (Å²) in [5.41, 5.74) is 0. The van der Waals surface area contributed by atoms with Crippen LogP contribution in [0.2, 0.25) is 0 Å². The van der Waals surface area contributed by atoms with Crippen molar-refractivity contribution in [2.75, 3.05) is 26.3 Å². The summed E-state index contributed by atoms with van der Waals surface area (Å²) in [5.74, 6) is 0. The summed E-state index contributed by atoms with van der Waals surface area (Å²) < 4.78 is 4.72. The molecule has 0 unspecified atom stereocenters. The molecule has 0 saturated heterocycles. The lowest BCUT2D eigenvalue weighted by molar-refractivity contribution is 0.0210. The third-order valence-corrected chi connectivity index (χ3v) is 1.63. The predicted molar refractivity (Wildman–Crippen MR) is 47.4 cm³/mol. The highest BCUT2D eigenvalue weighted by molar-refractivity contribution is 5.67. The fourth-order valence-electron chi connectivity index (χ4n) is 0.793. The number of hydrogen-bond acceptors (Lipinski definition) is 4. The summed E-state index contributed by atoms with van der Waals surface area (Å²) in [6.45, 7) is 4.27. The lowest BCUT2D eigenvalue weighted by atomic mass is 10.4. The SMILES string of the molecule is CCN(CC)C(=O)OC[C@H](O)CO. The van der Waals surface area contributed by atoms with Gasteiger partial charge in [-0.2, -0.15) is 0 Å². The van der Waals surface area contributed by atoms with E-state index in [1.54, 1.807) is 0 Å². The van der Waals surface area contributed by atoms with Crippen molar-refractivity contribution < 1.29 is 19.7 Å². The van der Waals surface area contributed by atoms with Crippen molar-refractivity contribution in [1.29, 1.82) is 0 Å². The van der Waals surface area contributed by atoms with Gasteiger partial charge in [-0.3, -0.25) is 0 Å². The van der Waals surface area contributed by atoms with Crippen LogP contribution in [0.1, 0.15) is 13.8 Å². The van der Waals surface area contributed by atoms with Crippen molar-refractivity contribution in [3.63, 3.8) is 0 Å². The van der Waals surface area contributed by atoms with E-state index in [2.05, 4.69) is 0 Å². The summed E-state index contributed by atoms with van der Waals surface area (Å²) >= 11 is 0. The van der Waals surface area contributed by atoms with Gasteiger partial charge in [-0.05, 0) is 13.8 Å². The summed E-state index contributed by atoms with van der Waals surface area (Å²) in [5, 5.41) is 17.3. The summed E-state index contributed by atoms with van der Waals surface area (Å²) in [4.78, 5) is 12.6. The first kappa shape index (κ1) is 12.2. The topological polar surface area (TPSA) is 70.0 Å². The molecule has 0 aliphatic heterocycles. The molecule has 0 saturated carbocycles. The number of carbonyl (C=O) groups is 1. The van der Waals surface area contributed by atoms with Gasteiger partial charge in [0.1, 0.15) is 12.7 Å². The Morgan fingerprint density at radius 2 is 2.00 bits per heavy atom. The standard InChI is InChI=1S/C8H17NO4/c1-3-9(4-2)8(12)13-6-7(11)5-10/h7,10-11H,3-6H2,1-2H3/t7-/m1/s1. The highest BCUT2D eigenvalue weighted by Crippen LogP contribution is 1.94. The van der Waals surface area contributed by atoms with E-state index in [9.17, 15) is 4.79 Å². The number of ether oxygens (including phenoxy) is 1. The maximum Gasteiger partial charge on any atom is 0.409 e. The molecule has 0 radical (unpaired) electrons. The molecule has 0 aromatic heterocycles. The van der Waals surface area contributed by atoms with Crippen LogP contribution in [0.5, 0.6) is 0 Å². The molecule has 5 nitrogen and oxygen atoms in total. The van der Waals surface area contributed by atoms with E-state index in [1.807, 2.05) is 13.8 Å². The second-order valence-electron chi connectivity index (χ2n) is 2.59. The molecular weight excluding hydrogens is 174 g/mol.